The van der Waals surface area contributed by atoms with E-state index in [0.29, 0.717) is 17.0 Å². The average Bonchev–Trinajstić information content (AvgIpc) is 3.20. The first-order valence-corrected chi connectivity index (χ1v) is 7.56. The van der Waals surface area contributed by atoms with Gasteiger partial charge in [0, 0.05) is 18.7 Å². The summed E-state index contributed by atoms with van der Waals surface area (Å²) in [5.41, 5.74) is 1.37. The van der Waals surface area contributed by atoms with E-state index in [1.54, 1.807) is 14.0 Å². The van der Waals surface area contributed by atoms with Crippen molar-refractivity contribution in [1.82, 2.24) is 14.9 Å². The van der Waals surface area contributed by atoms with Gasteiger partial charge in [-0.25, -0.2) is 9.18 Å². The van der Waals surface area contributed by atoms with Gasteiger partial charge in [0.05, 0.1) is 18.5 Å². The Labute approximate surface area is 147 Å². The zero-order valence-corrected chi connectivity index (χ0v) is 14.2. The monoisotopic (exact) mass is 358 g/mol. The van der Waals surface area contributed by atoms with Crippen molar-refractivity contribution >= 4 is 17.6 Å². The number of amides is 1. The quantitative estimate of drug-likeness (QED) is 0.720. The maximum atomic E-state index is 13.0. The summed E-state index contributed by atoms with van der Waals surface area (Å²) < 4.78 is 24.2. The Bertz CT molecular complexity index is 975. The molecule has 0 aliphatic carbocycles. The van der Waals surface area contributed by atoms with E-state index in [1.807, 2.05) is 0 Å². The SMILES string of the molecule is COC(=O)c1c(NC(=O)c2cc(-c3ccc(F)cc3)on2)c(C)nn1C. The summed E-state index contributed by atoms with van der Waals surface area (Å²) >= 11 is 0. The summed E-state index contributed by atoms with van der Waals surface area (Å²) in [4.78, 5) is 24.4. The Morgan fingerprint density at radius 2 is 1.96 bits per heavy atom. The number of aryl methyl sites for hydroxylation is 2. The normalized spacial score (nSPS) is 10.6. The molecule has 0 aliphatic heterocycles. The standard InChI is InChI=1S/C17H15FN4O4/c1-9-14(15(17(24)25-3)22(2)20-9)19-16(23)12-8-13(26-21-12)10-4-6-11(18)7-5-10/h4-8H,1-3H3,(H,19,23). The molecule has 2 aromatic heterocycles. The van der Waals surface area contributed by atoms with Crippen LogP contribution in [0.25, 0.3) is 11.3 Å². The predicted octanol–water partition coefficient (Wildman–Crippen LogP) is 2.56. The lowest BCUT2D eigenvalue weighted by Gasteiger charge is -2.05. The molecule has 0 spiro atoms. The third kappa shape index (κ3) is 3.18. The third-order valence-corrected chi connectivity index (χ3v) is 3.71. The second-order valence-electron chi connectivity index (χ2n) is 5.46. The fourth-order valence-corrected chi connectivity index (χ4v) is 2.45. The van der Waals surface area contributed by atoms with E-state index in [2.05, 4.69) is 15.6 Å². The molecule has 26 heavy (non-hydrogen) atoms. The second kappa shape index (κ2) is 6.79. The number of hydrogen-bond acceptors (Lipinski definition) is 6. The van der Waals surface area contributed by atoms with E-state index in [4.69, 9.17) is 9.26 Å². The van der Waals surface area contributed by atoms with Crippen LogP contribution in [0.1, 0.15) is 26.7 Å². The van der Waals surface area contributed by atoms with Crippen LogP contribution in [-0.4, -0.2) is 33.9 Å². The van der Waals surface area contributed by atoms with Crippen LogP contribution in [0.2, 0.25) is 0 Å². The first-order chi connectivity index (χ1) is 12.4. The van der Waals surface area contributed by atoms with Gasteiger partial charge in [-0.15, -0.1) is 0 Å². The van der Waals surface area contributed by atoms with Crippen LogP contribution in [0.15, 0.2) is 34.9 Å². The molecule has 3 aromatic rings. The summed E-state index contributed by atoms with van der Waals surface area (Å²) in [5.74, 6) is -1.28. The van der Waals surface area contributed by atoms with E-state index >= 15 is 0 Å². The highest BCUT2D eigenvalue weighted by atomic mass is 19.1. The van der Waals surface area contributed by atoms with Crippen LogP contribution in [-0.2, 0) is 11.8 Å². The maximum absolute atomic E-state index is 13.0. The van der Waals surface area contributed by atoms with Gasteiger partial charge in [0.25, 0.3) is 5.91 Å². The van der Waals surface area contributed by atoms with Crippen molar-refractivity contribution in [2.45, 2.75) is 6.92 Å². The molecule has 1 aromatic carbocycles. The molecule has 1 N–H and O–H groups in total. The maximum Gasteiger partial charge on any atom is 0.358 e. The molecule has 0 radical (unpaired) electrons. The number of carbonyl (C=O) groups excluding carboxylic acids is 2. The van der Waals surface area contributed by atoms with Crippen molar-refractivity contribution in [2.75, 3.05) is 12.4 Å². The molecular weight excluding hydrogens is 343 g/mol. The molecule has 2 heterocycles. The molecule has 0 aliphatic rings. The first kappa shape index (κ1) is 17.3. The van der Waals surface area contributed by atoms with Gasteiger partial charge < -0.3 is 14.6 Å². The van der Waals surface area contributed by atoms with Crippen molar-refractivity contribution in [3.63, 3.8) is 0 Å². The number of rotatable bonds is 4. The first-order valence-electron chi connectivity index (χ1n) is 7.56. The molecule has 0 fully saturated rings. The summed E-state index contributed by atoms with van der Waals surface area (Å²) in [6.07, 6.45) is 0. The van der Waals surface area contributed by atoms with Gasteiger partial charge in [-0.05, 0) is 31.2 Å². The van der Waals surface area contributed by atoms with E-state index in [-0.39, 0.29) is 22.9 Å². The lowest BCUT2D eigenvalue weighted by atomic mass is 10.1. The molecule has 9 heteroatoms. The van der Waals surface area contributed by atoms with Gasteiger partial charge in [-0.1, -0.05) is 5.16 Å². The van der Waals surface area contributed by atoms with Crippen LogP contribution in [0.3, 0.4) is 0 Å². The Kier molecular flexibility index (Phi) is 4.53. The topological polar surface area (TPSA) is 99.2 Å². The van der Waals surface area contributed by atoms with E-state index < -0.39 is 11.9 Å². The molecule has 0 bridgehead atoms. The summed E-state index contributed by atoms with van der Waals surface area (Å²) in [5, 5.41) is 10.4. The highest BCUT2D eigenvalue weighted by Crippen LogP contribution is 2.23. The Morgan fingerprint density at radius 1 is 1.27 bits per heavy atom. The average molecular weight is 358 g/mol. The van der Waals surface area contributed by atoms with Gasteiger partial charge in [-0.3, -0.25) is 9.48 Å². The van der Waals surface area contributed by atoms with Crippen molar-refractivity contribution in [2.24, 2.45) is 7.05 Å². The van der Waals surface area contributed by atoms with Crippen LogP contribution in [0, 0.1) is 12.7 Å². The molecule has 0 saturated carbocycles. The highest BCUT2D eigenvalue weighted by Gasteiger charge is 2.24. The van der Waals surface area contributed by atoms with Crippen molar-refractivity contribution in [1.29, 1.82) is 0 Å². The van der Waals surface area contributed by atoms with Crippen molar-refractivity contribution < 1.29 is 23.2 Å². The lowest BCUT2D eigenvalue weighted by molar-refractivity contribution is 0.0589. The van der Waals surface area contributed by atoms with Gasteiger partial charge >= 0.3 is 5.97 Å². The molecule has 0 unspecified atom stereocenters. The Hall–Kier alpha value is -3.49. The molecule has 8 nitrogen and oxygen atoms in total. The van der Waals surface area contributed by atoms with E-state index in [0.717, 1.165) is 0 Å². The van der Waals surface area contributed by atoms with Gasteiger partial charge in [0.2, 0.25) is 0 Å². The van der Waals surface area contributed by atoms with E-state index in [1.165, 1.54) is 42.1 Å². The molecule has 0 saturated heterocycles. The van der Waals surface area contributed by atoms with E-state index in [9.17, 15) is 14.0 Å². The lowest BCUT2D eigenvalue weighted by Crippen LogP contribution is -2.17. The fourth-order valence-electron chi connectivity index (χ4n) is 2.45. The number of hydrogen-bond donors (Lipinski definition) is 1. The smallest absolute Gasteiger partial charge is 0.358 e. The molecule has 0 atom stereocenters. The number of methoxy groups -OCH3 is 1. The number of ether oxygens (including phenoxy) is 1. The summed E-state index contributed by atoms with van der Waals surface area (Å²) in [6.45, 7) is 1.65. The van der Waals surface area contributed by atoms with Crippen LogP contribution >= 0.6 is 0 Å². The predicted molar refractivity (Wildman–Crippen MR) is 89.1 cm³/mol. The highest BCUT2D eigenvalue weighted by molar-refractivity contribution is 6.07. The number of nitrogens with one attached hydrogen (secondary N) is 1. The number of aromatic nitrogens is 3. The number of benzene rings is 1. The number of nitrogens with zero attached hydrogens (tertiary/aromatic N) is 3. The second-order valence-corrected chi connectivity index (χ2v) is 5.46. The zero-order valence-electron chi connectivity index (χ0n) is 14.2. The molecular formula is C17H15FN4O4. The Morgan fingerprint density at radius 3 is 2.62 bits per heavy atom. The van der Waals surface area contributed by atoms with Gasteiger partial charge in [0.1, 0.15) is 5.82 Å². The zero-order chi connectivity index (χ0) is 18.8. The minimum absolute atomic E-state index is 0.00314. The number of carbonyl (C=O) groups is 2. The van der Waals surface area contributed by atoms with Crippen molar-refractivity contribution in [3.05, 3.63) is 53.2 Å². The molecule has 134 valence electrons. The van der Waals surface area contributed by atoms with Crippen LogP contribution in [0.4, 0.5) is 10.1 Å². The van der Waals surface area contributed by atoms with Crippen LogP contribution in [0.5, 0.6) is 0 Å². The third-order valence-electron chi connectivity index (χ3n) is 3.71. The largest absolute Gasteiger partial charge is 0.464 e. The molecule has 3 rings (SSSR count). The minimum Gasteiger partial charge on any atom is -0.464 e. The summed E-state index contributed by atoms with van der Waals surface area (Å²) in [7, 11) is 2.81. The number of esters is 1. The summed E-state index contributed by atoms with van der Waals surface area (Å²) in [6, 6.07) is 7.00. The van der Waals surface area contributed by atoms with Crippen molar-refractivity contribution in [3.8, 4) is 11.3 Å². The number of anilines is 1. The minimum atomic E-state index is -0.629. The number of halogens is 1. The van der Waals surface area contributed by atoms with Gasteiger partial charge in [-0.2, -0.15) is 5.10 Å². The van der Waals surface area contributed by atoms with Crippen LogP contribution < -0.4 is 5.32 Å². The fraction of sp³-hybridized carbons (Fsp3) is 0.176. The molecule has 1 amide bonds. The van der Waals surface area contributed by atoms with Gasteiger partial charge in [0.15, 0.2) is 17.1 Å². The Balaban J connectivity index is 1.86.